The summed E-state index contributed by atoms with van der Waals surface area (Å²) in [6, 6.07) is 7.28. The summed E-state index contributed by atoms with van der Waals surface area (Å²) in [4.78, 5) is 2.52. The van der Waals surface area contributed by atoms with Gasteiger partial charge in [-0.05, 0) is 30.5 Å². The lowest BCUT2D eigenvalue weighted by molar-refractivity contribution is 0.116. The summed E-state index contributed by atoms with van der Waals surface area (Å²) < 4.78 is 1.04. The maximum atomic E-state index is 6.32. The van der Waals surface area contributed by atoms with Gasteiger partial charge in [0.25, 0.3) is 0 Å². The standard InChI is InChI=1S/C15H22BrClN2/c1-10(2)15-9-19(11(3)7-18-15)8-12-4-5-13(16)6-14(12)17/h4-6,10-11,15,18H,7-9H2,1-3H3. The van der Waals surface area contributed by atoms with E-state index in [-0.39, 0.29) is 0 Å². The normalized spacial score (nSPS) is 24.9. The Morgan fingerprint density at radius 3 is 2.84 bits per heavy atom. The minimum Gasteiger partial charge on any atom is -0.311 e. The number of rotatable bonds is 3. The number of benzene rings is 1. The SMILES string of the molecule is CC(C)C1CN(Cc2ccc(Br)cc2Cl)C(C)CN1. The van der Waals surface area contributed by atoms with Gasteiger partial charge in [-0.15, -0.1) is 0 Å². The molecule has 0 amide bonds. The van der Waals surface area contributed by atoms with Crippen LogP contribution < -0.4 is 5.32 Å². The summed E-state index contributed by atoms with van der Waals surface area (Å²) in [7, 11) is 0. The van der Waals surface area contributed by atoms with E-state index in [1.807, 2.05) is 6.07 Å². The van der Waals surface area contributed by atoms with Gasteiger partial charge in [0.1, 0.15) is 0 Å². The van der Waals surface area contributed by atoms with Crippen LogP contribution in [0.15, 0.2) is 22.7 Å². The highest BCUT2D eigenvalue weighted by atomic mass is 79.9. The van der Waals surface area contributed by atoms with Gasteiger partial charge in [-0.3, -0.25) is 4.90 Å². The predicted octanol–water partition coefficient (Wildman–Crippen LogP) is 3.92. The third-order valence-electron chi connectivity index (χ3n) is 3.92. The Kier molecular flexibility index (Phi) is 5.29. The highest BCUT2D eigenvalue weighted by molar-refractivity contribution is 9.10. The van der Waals surface area contributed by atoms with E-state index in [1.54, 1.807) is 0 Å². The summed E-state index contributed by atoms with van der Waals surface area (Å²) in [6.45, 7) is 9.90. The van der Waals surface area contributed by atoms with Crippen molar-refractivity contribution < 1.29 is 0 Å². The fourth-order valence-electron chi connectivity index (χ4n) is 2.48. The molecular weight excluding hydrogens is 324 g/mol. The second kappa shape index (κ2) is 6.57. The first-order chi connectivity index (χ1) is 8.97. The summed E-state index contributed by atoms with van der Waals surface area (Å²) in [5.41, 5.74) is 1.21. The quantitative estimate of drug-likeness (QED) is 0.893. The molecule has 1 aromatic carbocycles. The molecule has 19 heavy (non-hydrogen) atoms. The van der Waals surface area contributed by atoms with Crippen LogP contribution in [0.25, 0.3) is 0 Å². The summed E-state index contributed by atoms with van der Waals surface area (Å²) in [6.07, 6.45) is 0. The Morgan fingerprint density at radius 2 is 2.21 bits per heavy atom. The van der Waals surface area contributed by atoms with Gasteiger partial charge in [0.2, 0.25) is 0 Å². The molecule has 4 heteroatoms. The van der Waals surface area contributed by atoms with Gasteiger partial charge in [0, 0.05) is 41.2 Å². The highest BCUT2D eigenvalue weighted by Gasteiger charge is 2.26. The summed E-state index contributed by atoms with van der Waals surface area (Å²) in [5.74, 6) is 0.662. The van der Waals surface area contributed by atoms with Crippen LogP contribution in [0.4, 0.5) is 0 Å². The Morgan fingerprint density at radius 1 is 1.47 bits per heavy atom. The van der Waals surface area contributed by atoms with Crippen LogP contribution in [0.2, 0.25) is 5.02 Å². The summed E-state index contributed by atoms with van der Waals surface area (Å²) >= 11 is 9.78. The zero-order chi connectivity index (χ0) is 14.0. The Hall–Kier alpha value is -0.0900. The van der Waals surface area contributed by atoms with E-state index in [1.165, 1.54) is 5.56 Å². The van der Waals surface area contributed by atoms with E-state index in [9.17, 15) is 0 Å². The van der Waals surface area contributed by atoms with Crippen molar-refractivity contribution in [3.05, 3.63) is 33.3 Å². The molecule has 2 atom stereocenters. The van der Waals surface area contributed by atoms with Crippen molar-refractivity contribution in [2.24, 2.45) is 5.92 Å². The molecule has 2 nitrogen and oxygen atoms in total. The van der Waals surface area contributed by atoms with Crippen LogP contribution in [-0.4, -0.2) is 30.1 Å². The zero-order valence-electron chi connectivity index (χ0n) is 11.8. The first kappa shape index (κ1) is 15.3. The lowest BCUT2D eigenvalue weighted by Crippen LogP contribution is -2.56. The van der Waals surface area contributed by atoms with Crippen molar-refractivity contribution in [3.8, 4) is 0 Å². The Bertz CT molecular complexity index is 436. The highest BCUT2D eigenvalue weighted by Crippen LogP contribution is 2.24. The number of nitrogens with one attached hydrogen (secondary N) is 1. The molecule has 0 spiro atoms. The fourth-order valence-corrected chi connectivity index (χ4v) is 3.22. The second-order valence-electron chi connectivity index (χ2n) is 5.77. The average molecular weight is 346 g/mol. The van der Waals surface area contributed by atoms with E-state index in [2.05, 4.69) is 59.1 Å². The van der Waals surface area contributed by atoms with E-state index in [0.29, 0.717) is 18.0 Å². The Labute approximate surface area is 129 Å². The molecule has 1 aromatic rings. The minimum atomic E-state index is 0.551. The molecule has 1 heterocycles. The largest absolute Gasteiger partial charge is 0.311 e. The predicted molar refractivity (Wildman–Crippen MR) is 85.7 cm³/mol. The molecule has 1 aliphatic rings. The van der Waals surface area contributed by atoms with Gasteiger partial charge >= 0.3 is 0 Å². The molecule has 2 rings (SSSR count). The third kappa shape index (κ3) is 3.94. The van der Waals surface area contributed by atoms with Gasteiger partial charge in [-0.1, -0.05) is 47.4 Å². The van der Waals surface area contributed by atoms with Crippen molar-refractivity contribution in [1.82, 2.24) is 10.2 Å². The van der Waals surface area contributed by atoms with Crippen LogP contribution in [0.5, 0.6) is 0 Å². The monoisotopic (exact) mass is 344 g/mol. The first-order valence-electron chi connectivity index (χ1n) is 6.88. The maximum Gasteiger partial charge on any atom is 0.0462 e. The van der Waals surface area contributed by atoms with E-state index in [0.717, 1.165) is 29.1 Å². The van der Waals surface area contributed by atoms with Crippen LogP contribution in [0.1, 0.15) is 26.3 Å². The molecule has 1 saturated heterocycles. The molecule has 0 saturated carbocycles. The average Bonchev–Trinajstić information content (AvgIpc) is 2.34. The van der Waals surface area contributed by atoms with Crippen LogP contribution in [0, 0.1) is 5.92 Å². The molecule has 2 unspecified atom stereocenters. The number of hydrogen-bond acceptors (Lipinski definition) is 2. The zero-order valence-corrected chi connectivity index (χ0v) is 14.1. The second-order valence-corrected chi connectivity index (χ2v) is 7.10. The minimum absolute atomic E-state index is 0.551. The number of nitrogens with zero attached hydrogens (tertiary/aromatic N) is 1. The molecule has 1 fully saturated rings. The maximum absolute atomic E-state index is 6.32. The van der Waals surface area contributed by atoms with Crippen LogP contribution >= 0.6 is 27.5 Å². The number of hydrogen-bond donors (Lipinski definition) is 1. The fraction of sp³-hybridized carbons (Fsp3) is 0.600. The molecule has 0 aromatic heterocycles. The van der Waals surface area contributed by atoms with E-state index < -0.39 is 0 Å². The number of piperazine rings is 1. The molecule has 0 radical (unpaired) electrons. The third-order valence-corrected chi connectivity index (χ3v) is 4.77. The smallest absolute Gasteiger partial charge is 0.0462 e. The topological polar surface area (TPSA) is 15.3 Å². The van der Waals surface area contributed by atoms with Crippen molar-refractivity contribution in [1.29, 1.82) is 0 Å². The molecule has 1 N–H and O–H groups in total. The van der Waals surface area contributed by atoms with Crippen molar-refractivity contribution in [3.63, 3.8) is 0 Å². The van der Waals surface area contributed by atoms with Crippen LogP contribution in [-0.2, 0) is 6.54 Å². The van der Waals surface area contributed by atoms with Gasteiger partial charge in [-0.25, -0.2) is 0 Å². The Balaban J connectivity index is 2.07. The lowest BCUT2D eigenvalue weighted by atomic mass is 9.99. The van der Waals surface area contributed by atoms with Crippen molar-refractivity contribution in [2.75, 3.05) is 13.1 Å². The summed E-state index contributed by atoms with van der Waals surface area (Å²) in [5, 5.41) is 4.47. The van der Waals surface area contributed by atoms with Crippen molar-refractivity contribution in [2.45, 2.75) is 39.4 Å². The van der Waals surface area contributed by atoms with E-state index in [4.69, 9.17) is 11.6 Å². The molecule has 1 aliphatic heterocycles. The van der Waals surface area contributed by atoms with E-state index >= 15 is 0 Å². The van der Waals surface area contributed by atoms with Crippen LogP contribution in [0.3, 0.4) is 0 Å². The van der Waals surface area contributed by atoms with Gasteiger partial charge < -0.3 is 5.32 Å². The first-order valence-corrected chi connectivity index (χ1v) is 8.06. The molecular formula is C15H22BrClN2. The van der Waals surface area contributed by atoms with Gasteiger partial charge in [0.15, 0.2) is 0 Å². The number of halogens is 2. The molecule has 0 bridgehead atoms. The van der Waals surface area contributed by atoms with Crippen molar-refractivity contribution >= 4 is 27.5 Å². The lowest BCUT2D eigenvalue weighted by Gasteiger charge is -2.40. The van der Waals surface area contributed by atoms with Gasteiger partial charge in [0.05, 0.1) is 0 Å². The van der Waals surface area contributed by atoms with Gasteiger partial charge in [-0.2, -0.15) is 0 Å². The molecule has 106 valence electrons. The molecule has 0 aliphatic carbocycles.